The molecule has 0 rings (SSSR count). The molecule has 0 aromatic rings. The van der Waals surface area contributed by atoms with Gasteiger partial charge in [0.2, 0.25) is 16.3 Å². The van der Waals surface area contributed by atoms with E-state index in [0.29, 0.717) is 0 Å². The van der Waals surface area contributed by atoms with Crippen LogP contribution < -0.4 is 0 Å². The fourth-order valence-electron chi connectivity index (χ4n) is 0. The second-order valence-electron chi connectivity index (χ2n) is 1.26. The van der Waals surface area contributed by atoms with Crippen LogP contribution in [0.2, 0.25) is 5.28 Å². The summed E-state index contributed by atoms with van der Waals surface area (Å²) in [5.41, 5.74) is 0. The van der Waals surface area contributed by atoms with Crippen molar-refractivity contribution in [1.29, 1.82) is 0 Å². The highest BCUT2D eigenvalue weighted by atomic mass is 35.5. The molecule has 0 aliphatic rings. The van der Waals surface area contributed by atoms with E-state index in [0.717, 1.165) is 0 Å². The zero-order valence-corrected chi connectivity index (χ0v) is 9.67. The highest BCUT2D eigenvalue weighted by Crippen LogP contribution is 1.49. The van der Waals surface area contributed by atoms with Crippen molar-refractivity contribution in [2.75, 3.05) is 6.61 Å². The average Bonchev–Trinajstić information content (AvgIpc) is 1.69. The van der Waals surface area contributed by atoms with Crippen LogP contribution in [0.15, 0.2) is 0 Å². The number of aliphatic hydroxyl groups is 1. The summed E-state index contributed by atoms with van der Waals surface area (Å²) in [6, 6.07) is 0. The van der Waals surface area contributed by atoms with Gasteiger partial charge in [0.05, 0.1) is 0 Å². The molecule has 0 heterocycles. The third kappa shape index (κ3) is 96.5. The van der Waals surface area contributed by atoms with Crippen molar-refractivity contribution in [2.24, 2.45) is 0 Å². The minimum absolute atomic E-state index is 0. The first-order valence-electron chi connectivity index (χ1n) is 2.51. The molecule has 0 saturated carbocycles. The molecule has 0 bridgehead atoms. The Morgan fingerprint density at radius 3 is 1.55 bits per heavy atom. The topological polar surface area (TPSA) is 57.5 Å². The number of carbonyl (C=O) groups is 1. The van der Waals surface area contributed by atoms with Crippen molar-refractivity contribution in [2.45, 2.75) is 12.2 Å². The van der Waals surface area contributed by atoms with Crippen LogP contribution >= 0.6 is 24.8 Å². The van der Waals surface area contributed by atoms with Crippen molar-refractivity contribution in [3.05, 3.63) is 0 Å². The number of carboxylic acid groups (broad SMARTS) is 1. The van der Waals surface area contributed by atoms with Crippen LogP contribution in [0, 0.1) is 0 Å². The van der Waals surface area contributed by atoms with Crippen molar-refractivity contribution >= 4 is 64.4 Å². The Kier molecular flexibility index (Phi) is 81.9. The third-order valence-corrected chi connectivity index (χ3v) is 0.135. The maximum atomic E-state index is 9.12. The largest absolute Gasteiger partial charge is 0.480 e. The third-order valence-electron chi connectivity index (χ3n) is 0.135. The first-order chi connectivity index (χ1) is 3.68. The van der Waals surface area contributed by atoms with E-state index in [-0.39, 0.29) is 42.2 Å². The number of carboxylic acids is 1. The Balaban J connectivity index is -0.0000000183. The first-order valence-corrected chi connectivity index (χ1v) is 3.93. The first kappa shape index (κ1) is 29.6. The molecular weight excluding hydrogens is 221 g/mol. The summed E-state index contributed by atoms with van der Waals surface area (Å²) >= 11 is 1.37. The number of aliphatic carboxylic acids is 1. The number of rotatable bonds is 1. The monoisotopic (exact) mass is 236 g/mol. The highest BCUT2D eigenvalue weighted by molar-refractivity contribution is 6.08. The Hall–Kier alpha value is 1.07. The van der Waals surface area contributed by atoms with Crippen LogP contribution in [0.5, 0.6) is 0 Å². The fraction of sp³-hybridized carbons (Fsp3) is 0.750. The van der Waals surface area contributed by atoms with E-state index in [1.807, 2.05) is 0 Å². The van der Waals surface area contributed by atoms with E-state index < -0.39 is 12.6 Å². The maximum Gasteiger partial charge on any atom is 0.329 e. The summed E-state index contributed by atoms with van der Waals surface area (Å²) in [6.45, 7) is 1.41. The molecule has 0 radical (unpaired) electrons. The van der Waals surface area contributed by atoms with Gasteiger partial charge in [-0.3, -0.25) is 0 Å². The number of aliphatic hydroxyl groups excluding tert-OH is 1. The van der Waals surface area contributed by atoms with Crippen LogP contribution in [-0.4, -0.2) is 56.4 Å². The summed E-state index contributed by atoms with van der Waals surface area (Å²) in [6.07, 6.45) is 0. The summed E-state index contributed by atoms with van der Waals surface area (Å²) in [5.74, 6) is -1.19. The number of halogens is 2. The second kappa shape index (κ2) is 30.5. The highest BCUT2D eigenvalue weighted by Gasteiger charge is 1.82. The van der Waals surface area contributed by atoms with Gasteiger partial charge >= 0.3 is 5.97 Å². The molecule has 2 N–H and O–H groups in total. The number of hydrogen-bond acceptors (Lipinski definition) is 2. The van der Waals surface area contributed by atoms with Gasteiger partial charge in [0, 0.05) is 0 Å². The molecule has 0 aliphatic carbocycles. The van der Waals surface area contributed by atoms with Crippen molar-refractivity contribution < 1.29 is 15.0 Å². The molecular formula is C4H16Al2Cl2O3. The quantitative estimate of drug-likeness (QED) is 0.562. The van der Waals surface area contributed by atoms with Gasteiger partial charge in [-0.25, -0.2) is 4.79 Å². The lowest BCUT2D eigenvalue weighted by Gasteiger charge is -1.72. The van der Waals surface area contributed by atoms with Crippen molar-refractivity contribution in [3.8, 4) is 0 Å². The van der Waals surface area contributed by atoms with Gasteiger partial charge in [-0.05, 0) is 0 Å². The van der Waals surface area contributed by atoms with E-state index in [9.17, 15) is 0 Å². The second-order valence-corrected chi connectivity index (χ2v) is 2.67. The molecule has 3 nitrogen and oxygen atoms in total. The van der Waals surface area contributed by atoms with Crippen molar-refractivity contribution in [1.82, 2.24) is 0 Å². The van der Waals surface area contributed by atoms with Gasteiger partial charge in [0.15, 0.2) is 17.4 Å². The molecule has 0 saturated heterocycles. The normalized spacial score (nSPS) is 4.91. The Labute approximate surface area is 97.9 Å². The predicted molar refractivity (Wildman–Crippen MR) is 58.2 cm³/mol. The average molecular weight is 237 g/mol. The molecule has 0 aromatic heterocycles. The summed E-state index contributed by atoms with van der Waals surface area (Å²) in [5, 5.41) is 16.4. The van der Waals surface area contributed by atoms with E-state index in [1.54, 1.807) is 0 Å². The molecule has 11 heavy (non-hydrogen) atoms. The van der Waals surface area contributed by atoms with Gasteiger partial charge in [0.25, 0.3) is 0 Å². The molecule has 70 valence electrons. The minimum atomic E-state index is -1.19. The van der Waals surface area contributed by atoms with Crippen LogP contribution in [0.1, 0.15) is 6.92 Å². The van der Waals surface area contributed by atoms with E-state index in [4.69, 9.17) is 15.0 Å². The molecule has 0 aromatic carbocycles. The van der Waals surface area contributed by atoms with E-state index >= 15 is 0 Å². The van der Waals surface area contributed by atoms with Crippen LogP contribution in [0.3, 0.4) is 0 Å². The van der Waals surface area contributed by atoms with E-state index in [1.165, 1.54) is 21.6 Å². The lowest BCUT2D eigenvalue weighted by atomic mass is 10.8. The molecule has 0 unspecified atom stereocenters. The van der Waals surface area contributed by atoms with Crippen LogP contribution in [0.25, 0.3) is 0 Å². The SMILES string of the molecule is C[CH2][AlH2].Cl.Cl.O=C(O)CO.[AlH3]. The predicted octanol–water partition coefficient (Wildman–Crippen LogP) is -1.22. The summed E-state index contributed by atoms with van der Waals surface area (Å²) < 4.78 is 0. The molecule has 0 amide bonds. The zero-order chi connectivity index (χ0) is 6.99. The summed E-state index contributed by atoms with van der Waals surface area (Å²) in [4.78, 5) is 9.12. The van der Waals surface area contributed by atoms with Crippen LogP contribution in [0.4, 0.5) is 0 Å². The zero-order valence-electron chi connectivity index (χ0n) is 6.03. The smallest absolute Gasteiger partial charge is 0.329 e. The number of hydrogen-bond donors (Lipinski definition) is 2. The van der Waals surface area contributed by atoms with Gasteiger partial charge < -0.3 is 10.2 Å². The fourth-order valence-corrected chi connectivity index (χ4v) is 0. The maximum absolute atomic E-state index is 9.12. The summed E-state index contributed by atoms with van der Waals surface area (Å²) in [7, 11) is 0. The van der Waals surface area contributed by atoms with Gasteiger partial charge in [0.1, 0.15) is 6.61 Å². The van der Waals surface area contributed by atoms with Gasteiger partial charge in [-0.15, -0.1) is 30.1 Å². The van der Waals surface area contributed by atoms with Gasteiger partial charge in [-0.2, -0.15) is 0 Å². The molecule has 0 spiro atoms. The van der Waals surface area contributed by atoms with Gasteiger partial charge in [-0.1, -0.05) is 6.92 Å². The standard InChI is InChI=1S/C2H4O3.C2H5.2Al.2ClH.5H/c3-1-2(4)5;1-2;;;;;;;;;/h3H,1H2,(H,4,5);1H2,2H3;;;2*1H;;;;;. The van der Waals surface area contributed by atoms with Crippen LogP contribution in [-0.2, 0) is 4.79 Å². The lowest BCUT2D eigenvalue weighted by molar-refractivity contribution is -0.140. The van der Waals surface area contributed by atoms with Crippen molar-refractivity contribution in [3.63, 3.8) is 0 Å². The lowest BCUT2D eigenvalue weighted by Crippen LogP contribution is -1.98. The Morgan fingerprint density at radius 2 is 1.55 bits per heavy atom. The molecule has 0 fully saturated rings. The Bertz CT molecular complexity index is 65.3. The minimum Gasteiger partial charge on any atom is -0.480 e. The van der Waals surface area contributed by atoms with E-state index in [2.05, 4.69) is 6.92 Å². The molecule has 0 atom stereocenters. The molecule has 0 aliphatic heterocycles. The Morgan fingerprint density at radius 1 is 1.45 bits per heavy atom. The molecule has 7 heteroatoms.